The van der Waals surface area contributed by atoms with Gasteiger partial charge >= 0.3 is 5.97 Å². The van der Waals surface area contributed by atoms with Crippen LogP contribution in [-0.4, -0.2) is 47.7 Å². The van der Waals surface area contributed by atoms with Crippen LogP contribution in [0.5, 0.6) is 0 Å². The molecule has 0 aliphatic heterocycles. The van der Waals surface area contributed by atoms with Crippen LogP contribution in [0.3, 0.4) is 0 Å². The van der Waals surface area contributed by atoms with Crippen molar-refractivity contribution in [3.63, 3.8) is 0 Å². The molecule has 0 radical (unpaired) electrons. The molecule has 4 rings (SSSR count). The first-order chi connectivity index (χ1) is 13.8. The van der Waals surface area contributed by atoms with Crippen LogP contribution in [0.1, 0.15) is 34.1 Å². The van der Waals surface area contributed by atoms with E-state index in [1.807, 2.05) is 0 Å². The maximum Gasteiger partial charge on any atom is 0.337 e. The number of nitrogens with one attached hydrogen (secondary N) is 1. The Morgan fingerprint density at radius 1 is 1.31 bits per heavy atom. The van der Waals surface area contributed by atoms with E-state index in [1.54, 1.807) is 0 Å². The monoisotopic (exact) mass is 411 g/mol. The van der Waals surface area contributed by atoms with E-state index >= 15 is 0 Å². The number of rotatable bonds is 6. The van der Waals surface area contributed by atoms with Gasteiger partial charge in [0.1, 0.15) is 24.9 Å². The highest BCUT2D eigenvalue weighted by molar-refractivity contribution is 5.98. The van der Waals surface area contributed by atoms with Gasteiger partial charge in [0, 0.05) is 17.5 Å². The van der Waals surface area contributed by atoms with Crippen molar-refractivity contribution in [2.45, 2.75) is 24.3 Å². The normalized spacial score (nSPS) is 19.5. The molecule has 1 N–H and O–H groups in total. The van der Waals surface area contributed by atoms with E-state index in [4.69, 9.17) is 0 Å². The van der Waals surface area contributed by atoms with Crippen LogP contribution in [0, 0.1) is 17.6 Å². The van der Waals surface area contributed by atoms with Gasteiger partial charge in [-0.2, -0.15) is 5.10 Å². The lowest BCUT2D eigenvalue weighted by Crippen LogP contribution is -2.58. The first kappa shape index (κ1) is 19.4. The number of methoxy groups -OCH3 is 1. The summed E-state index contributed by atoms with van der Waals surface area (Å²) in [6.07, 6.45) is 1.35. The van der Waals surface area contributed by atoms with Crippen LogP contribution in [0.15, 0.2) is 18.2 Å². The first-order valence-corrected chi connectivity index (χ1v) is 8.95. The van der Waals surface area contributed by atoms with Crippen molar-refractivity contribution in [1.82, 2.24) is 15.1 Å². The Morgan fingerprint density at radius 2 is 2.03 bits per heavy atom. The van der Waals surface area contributed by atoms with Crippen molar-refractivity contribution in [2.75, 3.05) is 20.5 Å². The second-order valence-electron chi connectivity index (χ2n) is 7.32. The Morgan fingerprint density at radius 3 is 2.66 bits per heavy atom. The van der Waals surface area contributed by atoms with Crippen LogP contribution in [0.25, 0.3) is 5.69 Å². The van der Waals surface area contributed by atoms with Gasteiger partial charge < -0.3 is 10.1 Å². The predicted molar refractivity (Wildman–Crippen MR) is 92.2 cm³/mol. The van der Waals surface area contributed by atoms with E-state index in [-0.39, 0.29) is 23.2 Å². The number of esters is 1. The number of ether oxygens (including phenoxy) is 1. The largest absolute Gasteiger partial charge is 0.467 e. The molecule has 10 heteroatoms. The molecule has 1 heterocycles. The van der Waals surface area contributed by atoms with Gasteiger partial charge in [-0.25, -0.2) is 27.0 Å². The Kier molecular flexibility index (Phi) is 4.59. The second-order valence-corrected chi connectivity index (χ2v) is 7.32. The minimum Gasteiger partial charge on any atom is -0.467 e. The van der Waals surface area contributed by atoms with Gasteiger partial charge in [-0.15, -0.1) is 0 Å². The Hall–Kier alpha value is -2.91. The van der Waals surface area contributed by atoms with E-state index in [9.17, 15) is 27.2 Å². The quantitative estimate of drug-likeness (QED) is 0.585. The number of halogens is 4. The first-order valence-electron chi connectivity index (χ1n) is 8.95. The van der Waals surface area contributed by atoms with E-state index in [1.165, 1.54) is 10.7 Å². The zero-order valence-electron chi connectivity index (χ0n) is 15.3. The average Bonchev–Trinajstić information content (AvgIpc) is 3.21. The molecule has 0 bridgehead atoms. The third-order valence-electron chi connectivity index (χ3n) is 5.50. The molecule has 6 nitrogen and oxygen atoms in total. The lowest BCUT2D eigenvalue weighted by Gasteiger charge is -2.25. The highest BCUT2D eigenvalue weighted by Crippen LogP contribution is 2.57. The van der Waals surface area contributed by atoms with Crippen LogP contribution >= 0.6 is 0 Å². The molecule has 154 valence electrons. The van der Waals surface area contributed by atoms with E-state index < -0.39 is 42.4 Å². The van der Waals surface area contributed by atoms with E-state index in [0.29, 0.717) is 23.7 Å². The van der Waals surface area contributed by atoms with Gasteiger partial charge in [0.2, 0.25) is 0 Å². The minimum absolute atomic E-state index is 0.0375. The van der Waals surface area contributed by atoms with Crippen molar-refractivity contribution in [3.05, 3.63) is 46.8 Å². The number of aromatic nitrogens is 2. The number of amides is 1. The van der Waals surface area contributed by atoms with Gasteiger partial charge in [-0.3, -0.25) is 4.79 Å². The summed E-state index contributed by atoms with van der Waals surface area (Å²) in [5.41, 5.74) is -1.51. The summed E-state index contributed by atoms with van der Waals surface area (Å²) in [4.78, 5) is 24.6. The molecule has 1 aromatic heterocycles. The number of hydrogen-bond acceptors (Lipinski definition) is 4. The SMILES string of the molecule is COC(=O)C(CF)(CF)NC(=O)c1nn(-c2ccc(F)cc2F)c2c1C[C@H]1C[C@@H]21. The molecule has 1 amide bonds. The van der Waals surface area contributed by atoms with Crippen molar-refractivity contribution < 1.29 is 31.9 Å². The summed E-state index contributed by atoms with van der Waals surface area (Å²) in [5.74, 6) is -3.49. The summed E-state index contributed by atoms with van der Waals surface area (Å²) in [7, 11) is 0.950. The zero-order chi connectivity index (χ0) is 20.9. The lowest BCUT2D eigenvalue weighted by molar-refractivity contribution is -0.149. The Bertz CT molecular complexity index is 1000. The molecule has 1 aromatic carbocycles. The van der Waals surface area contributed by atoms with Crippen molar-refractivity contribution in [2.24, 2.45) is 5.92 Å². The molecular formula is C19H17F4N3O3. The van der Waals surface area contributed by atoms with E-state index in [2.05, 4.69) is 15.2 Å². The predicted octanol–water partition coefficient (Wildman–Crippen LogP) is 2.39. The molecule has 2 atom stereocenters. The van der Waals surface area contributed by atoms with Gasteiger partial charge in [-0.1, -0.05) is 0 Å². The molecular weight excluding hydrogens is 394 g/mol. The zero-order valence-corrected chi connectivity index (χ0v) is 15.3. The fraction of sp³-hybridized carbons (Fsp3) is 0.421. The number of fused-ring (bicyclic) bond motifs is 3. The molecule has 2 aliphatic rings. The van der Waals surface area contributed by atoms with Crippen molar-refractivity contribution in [3.8, 4) is 5.69 Å². The van der Waals surface area contributed by atoms with Crippen LogP contribution < -0.4 is 5.32 Å². The third kappa shape index (κ3) is 2.97. The number of alkyl halides is 2. The molecule has 0 spiro atoms. The van der Waals surface area contributed by atoms with Crippen LogP contribution in [-0.2, 0) is 16.0 Å². The van der Waals surface area contributed by atoms with Gasteiger partial charge in [0.15, 0.2) is 17.1 Å². The van der Waals surface area contributed by atoms with E-state index in [0.717, 1.165) is 19.6 Å². The summed E-state index contributed by atoms with van der Waals surface area (Å²) in [5, 5.41) is 6.20. The smallest absolute Gasteiger partial charge is 0.337 e. The third-order valence-corrected chi connectivity index (χ3v) is 5.50. The average molecular weight is 411 g/mol. The van der Waals surface area contributed by atoms with Gasteiger partial charge in [-0.05, 0) is 30.9 Å². The molecule has 0 saturated heterocycles. The number of hydrogen-bond donors (Lipinski definition) is 1. The minimum atomic E-state index is -2.48. The van der Waals surface area contributed by atoms with Crippen LogP contribution in [0.2, 0.25) is 0 Å². The number of nitrogens with zero attached hydrogens (tertiary/aromatic N) is 2. The molecule has 0 unspecified atom stereocenters. The molecule has 1 saturated carbocycles. The number of benzene rings is 1. The van der Waals surface area contributed by atoms with Gasteiger partial charge in [0.25, 0.3) is 5.91 Å². The molecule has 2 aromatic rings. The Labute approximate surface area is 162 Å². The summed E-state index contributed by atoms with van der Waals surface area (Å²) >= 11 is 0. The second kappa shape index (κ2) is 6.85. The number of carbonyl (C=O) groups excluding carboxylic acids is 2. The topological polar surface area (TPSA) is 73.2 Å². The van der Waals surface area contributed by atoms with Crippen LogP contribution in [0.4, 0.5) is 17.6 Å². The highest BCUT2D eigenvalue weighted by atomic mass is 19.1. The fourth-order valence-electron chi connectivity index (χ4n) is 3.87. The van der Waals surface area contributed by atoms with Gasteiger partial charge in [0.05, 0.1) is 12.8 Å². The fourth-order valence-corrected chi connectivity index (χ4v) is 3.87. The number of carbonyl (C=O) groups is 2. The van der Waals surface area contributed by atoms with Crippen molar-refractivity contribution in [1.29, 1.82) is 0 Å². The molecule has 29 heavy (non-hydrogen) atoms. The maximum absolute atomic E-state index is 14.3. The lowest BCUT2D eigenvalue weighted by atomic mass is 10.0. The Balaban J connectivity index is 1.75. The highest BCUT2D eigenvalue weighted by Gasteiger charge is 2.51. The summed E-state index contributed by atoms with van der Waals surface area (Å²) in [6.45, 7) is -3.02. The van der Waals surface area contributed by atoms with Crippen molar-refractivity contribution >= 4 is 11.9 Å². The summed E-state index contributed by atoms with van der Waals surface area (Å²) in [6, 6.07) is 2.98. The maximum atomic E-state index is 14.3. The summed E-state index contributed by atoms with van der Waals surface area (Å²) < 4.78 is 60.2. The molecule has 1 fully saturated rings. The standard InChI is InChI=1S/C19H17F4N3O3/c1-29-18(28)19(7-20,8-21)24-17(27)15-12-5-9-4-11(9)16(12)26(25-15)14-3-2-10(22)6-13(14)23/h2-3,6,9,11H,4-5,7-8H2,1H3,(H,24,27)/t9-,11-/m1/s1. The molecule has 2 aliphatic carbocycles.